The van der Waals surface area contributed by atoms with Gasteiger partial charge >= 0.3 is 0 Å². The minimum absolute atomic E-state index is 0.710. The van der Waals surface area contributed by atoms with Crippen molar-refractivity contribution in [1.29, 1.82) is 0 Å². The molecule has 0 aliphatic rings. The molecule has 0 amide bonds. The van der Waals surface area contributed by atoms with Crippen molar-refractivity contribution >= 4 is 38.5 Å². The number of ether oxygens (including phenoxy) is 2. The molecule has 0 N–H and O–H groups in total. The van der Waals surface area contributed by atoms with Crippen molar-refractivity contribution in [2.75, 3.05) is 13.2 Å². The molecule has 16 heavy (non-hydrogen) atoms. The fourth-order valence-electron chi connectivity index (χ4n) is 1.19. The Kier molecular flexibility index (Phi) is 6.49. The summed E-state index contributed by atoms with van der Waals surface area (Å²) in [6.45, 7) is 5.61. The maximum Gasteiger partial charge on any atom is 0.176 e. The van der Waals surface area contributed by atoms with Gasteiger partial charge in [-0.2, -0.15) is 0 Å². The minimum Gasteiger partial charge on any atom is -0.489 e. The van der Waals surface area contributed by atoms with Crippen LogP contribution in [0.25, 0.3) is 0 Å². The Morgan fingerprint density at radius 3 is 2.19 bits per heavy atom. The predicted molar refractivity (Wildman–Crippen MR) is 78.4 cm³/mol. The monoisotopic (exact) mass is 398 g/mol. The Morgan fingerprint density at radius 2 is 1.62 bits per heavy atom. The van der Waals surface area contributed by atoms with Crippen LogP contribution < -0.4 is 9.47 Å². The maximum absolute atomic E-state index is 5.73. The normalized spacial score (nSPS) is 10.2. The lowest BCUT2D eigenvalue weighted by Gasteiger charge is -2.15. The third kappa shape index (κ3) is 3.80. The van der Waals surface area contributed by atoms with E-state index in [-0.39, 0.29) is 0 Å². The fraction of sp³-hybridized carbons (Fsp3) is 0.500. The lowest BCUT2D eigenvalue weighted by atomic mass is 10.3. The van der Waals surface area contributed by atoms with Gasteiger partial charge in [0.2, 0.25) is 0 Å². The Labute approximate surface area is 119 Å². The van der Waals surface area contributed by atoms with Gasteiger partial charge in [-0.3, -0.25) is 0 Å². The highest BCUT2D eigenvalue weighted by molar-refractivity contribution is 14.1. The Bertz CT molecular complexity index is 309. The molecule has 0 atom stereocenters. The van der Waals surface area contributed by atoms with Crippen molar-refractivity contribution in [2.24, 2.45) is 0 Å². The lowest BCUT2D eigenvalue weighted by molar-refractivity contribution is 0.265. The van der Waals surface area contributed by atoms with Crippen LogP contribution in [-0.2, 0) is 0 Å². The van der Waals surface area contributed by atoms with E-state index in [9.17, 15) is 0 Å². The average Bonchev–Trinajstić information content (AvgIpc) is 2.29. The van der Waals surface area contributed by atoms with Gasteiger partial charge in [-0.25, -0.2) is 0 Å². The average molecular weight is 399 g/mol. The van der Waals surface area contributed by atoms with Crippen LogP contribution >= 0.6 is 38.5 Å². The van der Waals surface area contributed by atoms with Crippen LogP contribution in [0.2, 0.25) is 0 Å². The van der Waals surface area contributed by atoms with Crippen molar-refractivity contribution in [1.82, 2.24) is 0 Å². The first kappa shape index (κ1) is 14.1. The van der Waals surface area contributed by atoms with Crippen molar-refractivity contribution in [3.8, 4) is 11.5 Å². The SMILES string of the molecule is CCCOc1c(Br)ccc(I)c1OCCC. The first-order valence-electron chi connectivity index (χ1n) is 5.44. The van der Waals surface area contributed by atoms with Crippen LogP contribution in [-0.4, -0.2) is 13.2 Å². The molecule has 0 unspecified atom stereocenters. The standard InChI is InChI=1S/C12H16BrIO2/c1-3-7-15-11-9(13)5-6-10(14)12(11)16-8-4-2/h5-6H,3-4,7-8H2,1-2H3. The van der Waals surface area contributed by atoms with Gasteiger partial charge in [0.25, 0.3) is 0 Å². The molecule has 1 aromatic carbocycles. The van der Waals surface area contributed by atoms with Crippen molar-refractivity contribution in [2.45, 2.75) is 26.7 Å². The molecule has 1 aromatic rings. The summed E-state index contributed by atoms with van der Waals surface area (Å²) in [5, 5.41) is 0. The molecule has 0 aromatic heterocycles. The fourth-order valence-corrected chi connectivity index (χ4v) is 2.20. The van der Waals surface area contributed by atoms with E-state index in [1.807, 2.05) is 12.1 Å². The molecule has 0 saturated carbocycles. The van der Waals surface area contributed by atoms with Gasteiger partial charge in [0, 0.05) is 0 Å². The number of hydrogen-bond donors (Lipinski definition) is 0. The molecule has 90 valence electrons. The van der Waals surface area contributed by atoms with Crippen LogP contribution in [0.4, 0.5) is 0 Å². The summed E-state index contributed by atoms with van der Waals surface area (Å²) < 4.78 is 13.5. The van der Waals surface area contributed by atoms with E-state index >= 15 is 0 Å². The predicted octanol–water partition coefficient (Wildman–Crippen LogP) is 4.63. The number of rotatable bonds is 6. The highest BCUT2D eigenvalue weighted by Crippen LogP contribution is 2.39. The molecular weight excluding hydrogens is 383 g/mol. The van der Waals surface area contributed by atoms with E-state index in [0.717, 1.165) is 39.0 Å². The summed E-state index contributed by atoms with van der Waals surface area (Å²) >= 11 is 5.76. The molecule has 4 heteroatoms. The van der Waals surface area contributed by atoms with Crippen LogP contribution in [0.5, 0.6) is 11.5 Å². The zero-order valence-electron chi connectivity index (χ0n) is 9.56. The molecule has 0 spiro atoms. The Balaban J connectivity index is 2.94. The first-order valence-corrected chi connectivity index (χ1v) is 7.31. The quantitative estimate of drug-likeness (QED) is 0.650. The van der Waals surface area contributed by atoms with E-state index < -0.39 is 0 Å². The van der Waals surface area contributed by atoms with Gasteiger partial charge < -0.3 is 9.47 Å². The molecule has 0 fully saturated rings. The molecule has 0 radical (unpaired) electrons. The van der Waals surface area contributed by atoms with E-state index in [1.165, 1.54) is 0 Å². The van der Waals surface area contributed by atoms with Crippen molar-refractivity contribution in [3.05, 3.63) is 20.2 Å². The summed E-state index contributed by atoms with van der Waals surface area (Å²) in [4.78, 5) is 0. The second kappa shape index (κ2) is 7.37. The zero-order chi connectivity index (χ0) is 12.0. The van der Waals surface area contributed by atoms with E-state index in [4.69, 9.17) is 9.47 Å². The zero-order valence-corrected chi connectivity index (χ0v) is 13.3. The number of benzene rings is 1. The molecule has 0 bridgehead atoms. The largest absolute Gasteiger partial charge is 0.489 e. The first-order chi connectivity index (χ1) is 7.70. The van der Waals surface area contributed by atoms with Gasteiger partial charge in [0.1, 0.15) is 0 Å². The van der Waals surface area contributed by atoms with E-state index in [0.29, 0.717) is 6.61 Å². The summed E-state index contributed by atoms with van der Waals surface area (Å²) in [6.07, 6.45) is 1.99. The van der Waals surface area contributed by atoms with Gasteiger partial charge in [0.15, 0.2) is 11.5 Å². The van der Waals surface area contributed by atoms with Gasteiger partial charge in [-0.15, -0.1) is 0 Å². The summed E-state index contributed by atoms with van der Waals surface area (Å²) in [5.74, 6) is 1.67. The third-order valence-electron chi connectivity index (χ3n) is 1.92. The maximum atomic E-state index is 5.73. The summed E-state index contributed by atoms with van der Waals surface area (Å²) in [7, 11) is 0. The molecule has 1 rings (SSSR count). The van der Waals surface area contributed by atoms with Crippen molar-refractivity contribution < 1.29 is 9.47 Å². The Morgan fingerprint density at radius 1 is 1.06 bits per heavy atom. The summed E-state index contributed by atoms with van der Waals surface area (Å²) in [6, 6.07) is 4.01. The van der Waals surface area contributed by atoms with Crippen LogP contribution in [0.3, 0.4) is 0 Å². The van der Waals surface area contributed by atoms with E-state index in [1.54, 1.807) is 0 Å². The molecule has 0 heterocycles. The van der Waals surface area contributed by atoms with Gasteiger partial charge in [-0.1, -0.05) is 13.8 Å². The minimum atomic E-state index is 0.710. The second-order valence-electron chi connectivity index (χ2n) is 3.38. The van der Waals surface area contributed by atoms with Gasteiger partial charge in [0.05, 0.1) is 21.3 Å². The second-order valence-corrected chi connectivity index (χ2v) is 5.40. The van der Waals surface area contributed by atoms with Gasteiger partial charge in [-0.05, 0) is 63.5 Å². The van der Waals surface area contributed by atoms with E-state index in [2.05, 4.69) is 52.4 Å². The van der Waals surface area contributed by atoms with Crippen molar-refractivity contribution in [3.63, 3.8) is 0 Å². The third-order valence-corrected chi connectivity index (χ3v) is 3.39. The number of halogens is 2. The smallest absolute Gasteiger partial charge is 0.176 e. The summed E-state index contributed by atoms with van der Waals surface area (Å²) in [5.41, 5.74) is 0. The molecule has 0 saturated heterocycles. The molecule has 0 aliphatic carbocycles. The van der Waals surface area contributed by atoms with Crippen LogP contribution in [0.1, 0.15) is 26.7 Å². The molecular formula is C12H16BrIO2. The Hall–Kier alpha value is 0.0300. The topological polar surface area (TPSA) is 18.5 Å². The van der Waals surface area contributed by atoms with Crippen LogP contribution in [0, 0.1) is 3.57 Å². The number of hydrogen-bond acceptors (Lipinski definition) is 2. The van der Waals surface area contributed by atoms with Crippen LogP contribution in [0.15, 0.2) is 16.6 Å². The highest BCUT2D eigenvalue weighted by atomic mass is 127. The highest BCUT2D eigenvalue weighted by Gasteiger charge is 2.13. The molecule has 0 aliphatic heterocycles. The molecule has 2 nitrogen and oxygen atoms in total. The lowest BCUT2D eigenvalue weighted by Crippen LogP contribution is -2.03.